The van der Waals surface area contributed by atoms with Gasteiger partial charge in [-0.1, -0.05) is 89.8 Å². The summed E-state index contributed by atoms with van der Waals surface area (Å²) in [5, 5.41) is 7.11. The first-order valence-electron chi connectivity index (χ1n) is 16.8. The van der Waals surface area contributed by atoms with E-state index < -0.39 is 0 Å². The summed E-state index contributed by atoms with van der Waals surface area (Å²) in [5.41, 5.74) is 8.85. The van der Waals surface area contributed by atoms with Crippen molar-refractivity contribution in [2.45, 2.75) is 0 Å². The van der Waals surface area contributed by atoms with Gasteiger partial charge in [0.05, 0.1) is 11.1 Å². The van der Waals surface area contributed by atoms with Crippen LogP contribution in [0.25, 0.3) is 92.1 Å². The van der Waals surface area contributed by atoms with Crippen molar-refractivity contribution in [1.82, 2.24) is 14.5 Å². The Hall–Kier alpha value is -5.91. The van der Waals surface area contributed by atoms with Gasteiger partial charge in [0.1, 0.15) is 5.58 Å². The van der Waals surface area contributed by atoms with Gasteiger partial charge in [-0.15, -0.1) is 65.4 Å². The van der Waals surface area contributed by atoms with Gasteiger partial charge in [0.2, 0.25) is 0 Å². The second-order valence-corrected chi connectivity index (χ2v) is 13.5. The molecule has 0 saturated carbocycles. The van der Waals surface area contributed by atoms with Gasteiger partial charge >= 0.3 is 0 Å². The molecule has 52 heavy (non-hydrogen) atoms. The minimum atomic E-state index is 0. The molecule has 0 aliphatic rings. The van der Waals surface area contributed by atoms with Crippen molar-refractivity contribution in [3.8, 4) is 28.2 Å². The van der Waals surface area contributed by atoms with E-state index in [4.69, 9.17) is 9.40 Å². The van der Waals surface area contributed by atoms with E-state index >= 15 is 0 Å². The zero-order valence-corrected chi connectivity index (χ0v) is 30.8. The summed E-state index contributed by atoms with van der Waals surface area (Å²) in [4.78, 5) is 9.15. The first kappa shape index (κ1) is 32.0. The topological polar surface area (TPSA) is 43.9 Å². The molecule has 5 heterocycles. The molecule has 0 fully saturated rings. The molecule has 0 saturated heterocycles. The standard InChI is InChI=1S/C35H19N2OS.C11H8N.Ir/c1-4-13-30-22(8-1)28-20-36-29(27-12-7-11-26-23-9-2-5-14-32(23)38-35(26)27)19-31(28)37(30)21-16-17-25-24-10-3-6-15-33(24)39-34(25)18-21;1-2-6-10(7-3-1)11-8-4-5-9-12-11;/h1-11,13-20H;1-6,8-9H;/q2*-1;. The van der Waals surface area contributed by atoms with Crippen LogP contribution < -0.4 is 0 Å². The number of hydrogen-bond donors (Lipinski definition) is 0. The fourth-order valence-electron chi connectivity index (χ4n) is 7.09. The number of rotatable bonds is 3. The van der Waals surface area contributed by atoms with Crippen molar-refractivity contribution in [2.24, 2.45) is 0 Å². The van der Waals surface area contributed by atoms with Gasteiger partial charge in [-0.05, 0) is 47.8 Å². The van der Waals surface area contributed by atoms with Crippen molar-refractivity contribution >= 4 is 75.3 Å². The molecule has 1 radical (unpaired) electrons. The summed E-state index contributed by atoms with van der Waals surface area (Å²) >= 11 is 1.84. The third-order valence-corrected chi connectivity index (χ3v) is 10.6. The van der Waals surface area contributed by atoms with E-state index in [1.807, 2.05) is 84.3 Å². The van der Waals surface area contributed by atoms with Gasteiger partial charge < -0.3 is 19.0 Å². The number of thiophene rings is 1. The second-order valence-electron chi connectivity index (χ2n) is 12.4. The fourth-order valence-corrected chi connectivity index (χ4v) is 8.23. The number of fused-ring (bicyclic) bond motifs is 9. The van der Waals surface area contributed by atoms with Gasteiger partial charge in [-0.3, -0.25) is 0 Å². The van der Waals surface area contributed by atoms with E-state index in [0.717, 1.165) is 66.6 Å². The predicted molar refractivity (Wildman–Crippen MR) is 212 cm³/mol. The van der Waals surface area contributed by atoms with Gasteiger partial charge in [0.15, 0.2) is 0 Å². The fraction of sp³-hybridized carbons (Fsp3) is 0. The van der Waals surface area contributed by atoms with E-state index in [9.17, 15) is 0 Å². The van der Waals surface area contributed by atoms with Crippen molar-refractivity contribution in [1.29, 1.82) is 0 Å². The quantitative estimate of drug-likeness (QED) is 0.166. The van der Waals surface area contributed by atoms with E-state index in [1.54, 1.807) is 6.20 Å². The van der Waals surface area contributed by atoms with E-state index in [0.29, 0.717) is 0 Å². The Morgan fingerprint density at radius 2 is 1.33 bits per heavy atom. The van der Waals surface area contributed by atoms with Gasteiger partial charge in [-0.2, -0.15) is 0 Å². The van der Waals surface area contributed by atoms with E-state index in [2.05, 4.69) is 107 Å². The number of aromatic nitrogens is 3. The Morgan fingerprint density at radius 3 is 2.19 bits per heavy atom. The Morgan fingerprint density at radius 1 is 0.538 bits per heavy atom. The first-order valence-corrected chi connectivity index (χ1v) is 17.6. The summed E-state index contributed by atoms with van der Waals surface area (Å²) in [7, 11) is 0. The molecule has 5 aromatic heterocycles. The Labute approximate surface area is 317 Å². The van der Waals surface area contributed by atoms with Gasteiger partial charge in [-0.25, -0.2) is 0 Å². The van der Waals surface area contributed by atoms with Gasteiger partial charge in [0.25, 0.3) is 0 Å². The number of pyridine rings is 2. The maximum atomic E-state index is 6.32. The molecule has 6 heteroatoms. The molecular weight excluding hydrogens is 835 g/mol. The molecule has 0 amide bonds. The summed E-state index contributed by atoms with van der Waals surface area (Å²) in [6.07, 6.45) is 3.78. The van der Waals surface area contributed by atoms with Crippen LogP contribution in [0.4, 0.5) is 0 Å². The third-order valence-electron chi connectivity index (χ3n) is 9.42. The van der Waals surface area contributed by atoms with Crippen LogP contribution in [-0.4, -0.2) is 14.5 Å². The molecule has 0 atom stereocenters. The van der Waals surface area contributed by atoms with E-state index in [1.165, 1.54) is 25.6 Å². The van der Waals surface area contributed by atoms with Gasteiger partial charge in [0, 0.05) is 80.0 Å². The van der Waals surface area contributed by atoms with Crippen molar-refractivity contribution < 1.29 is 24.5 Å². The average Bonchev–Trinajstić information content (AvgIpc) is 3.88. The van der Waals surface area contributed by atoms with Crippen LogP contribution in [0.5, 0.6) is 0 Å². The maximum absolute atomic E-state index is 6.32. The van der Waals surface area contributed by atoms with Crippen LogP contribution in [0.15, 0.2) is 168 Å². The van der Waals surface area contributed by atoms with Crippen LogP contribution in [0.1, 0.15) is 0 Å². The zero-order chi connectivity index (χ0) is 33.7. The average molecular weight is 862 g/mol. The molecule has 0 aliphatic carbocycles. The number of hydrogen-bond acceptors (Lipinski definition) is 4. The summed E-state index contributed by atoms with van der Waals surface area (Å²) in [5.74, 6) is 0. The van der Waals surface area contributed by atoms with Crippen LogP contribution in [-0.2, 0) is 20.1 Å². The monoisotopic (exact) mass is 862 g/mol. The first-order chi connectivity index (χ1) is 25.3. The van der Waals surface area contributed by atoms with Crippen molar-refractivity contribution in [3.05, 3.63) is 176 Å². The number of nitrogens with zero attached hydrogens (tertiary/aromatic N) is 3. The molecule has 6 aromatic carbocycles. The minimum absolute atomic E-state index is 0. The normalized spacial score (nSPS) is 11.3. The van der Waals surface area contributed by atoms with Crippen LogP contribution in [0.2, 0.25) is 0 Å². The third kappa shape index (κ3) is 5.40. The summed E-state index contributed by atoms with van der Waals surface area (Å²) in [6, 6.07) is 58.6. The smallest absolute Gasteiger partial charge is 0.120 e. The zero-order valence-electron chi connectivity index (χ0n) is 27.6. The number of benzene rings is 6. The maximum Gasteiger partial charge on any atom is 0.120 e. The molecule has 0 unspecified atom stereocenters. The molecule has 0 aliphatic heterocycles. The molecule has 249 valence electrons. The molecule has 0 bridgehead atoms. The Kier molecular flexibility index (Phi) is 8.21. The number of para-hydroxylation sites is 2. The minimum Gasteiger partial charge on any atom is -0.501 e. The Bertz CT molecular complexity index is 3000. The van der Waals surface area contributed by atoms with Crippen molar-refractivity contribution in [2.75, 3.05) is 0 Å². The van der Waals surface area contributed by atoms with E-state index in [-0.39, 0.29) is 20.1 Å². The molecule has 11 rings (SSSR count). The molecule has 0 spiro atoms. The Balaban J connectivity index is 0.000000236. The van der Waals surface area contributed by atoms with Crippen LogP contribution >= 0.6 is 11.3 Å². The SMILES string of the molecule is [Ir].[c-]1ccc2c(oc3ccccc32)c1-c1cc2c(cn1)c1ccccc1n2-c1ccc2c(c1)sc1ccccc12.[c-]1ccccc1-c1ccccn1. The summed E-state index contributed by atoms with van der Waals surface area (Å²) in [6.45, 7) is 0. The molecule has 4 nitrogen and oxygen atoms in total. The van der Waals surface area contributed by atoms with Crippen LogP contribution in [0, 0.1) is 12.1 Å². The number of furan rings is 1. The summed E-state index contributed by atoms with van der Waals surface area (Å²) < 4.78 is 11.3. The van der Waals surface area contributed by atoms with Crippen LogP contribution in [0.3, 0.4) is 0 Å². The predicted octanol–water partition coefficient (Wildman–Crippen LogP) is 12.5. The molecule has 11 aromatic rings. The molecule has 0 N–H and O–H groups in total. The second kappa shape index (κ2) is 13.3. The molecular formula is C46H27IrN3OS-2. The van der Waals surface area contributed by atoms with Crippen molar-refractivity contribution in [3.63, 3.8) is 0 Å². The largest absolute Gasteiger partial charge is 0.501 e.